The quantitative estimate of drug-likeness (QED) is 0.597. The molecule has 4 heteroatoms. The predicted molar refractivity (Wildman–Crippen MR) is 43.5 cm³/mol. The van der Waals surface area contributed by atoms with Gasteiger partial charge < -0.3 is 0 Å². The van der Waals surface area contributed by atoms with Gasteiger partial charge in [0.2, 0.25) is 0 Å². The first-order valence-corrected chi connectivity index (χ1v) is 4.13. The van der Waals surface area contributed by atoms with Crippen LogP contribution in [0.15, 0.2) is 0 Å². The Bertz CT molecular complexity index is 209. The van der Waals surface area contributed by atoms with Crippen LogP contribution in [0, 0.1) is 0 Å². The maximum absolute atomic E-state index is 5.59. The van der Waals surface area contributed by atoms with E-state index in [2.05, 4.69) is 17.1 Å². The Kier molecular flexibility index (Phi) is 2.43. The summed E-state index contributed by atoms with van der Waals surface area (Å²) in [6.07, 6.45) is 0.949. The molecule has 0 aromatic carbocycles. The highest BCUT2D eigenvalue weighted by atomic mass is 32.1. The average molecular weight is 152 g/mol. The molecule has 52 valence electrons. The third-order valence-corrected chi connectivity index (χ3v) is 2.44. The van der Waals surface area contributed by atoms with Crippen LogP contribution in [-0.4, -0.2) is 18.0 Å². The molecule has 0 fully saturated rings. The molecule has 0 amide bonds. The fourth-order valence-corrected chi connectivity index (χ4v) is 1.33. The molecule has 0 aliphatic carbocycles. The van der Waals surface area contributed by atoms with Gasteiger partial charge in [0.05, 0.1) is 7.85 Å². The highest BCUT2D eigenvalue weighted by Crippen LogP contribution is 2.16. The summed E-state index contributed by atoms with van der Waals surface area (Å²) in [5.41, 5.74) is 0. The van der Waals surface area contributed by atoms with Crippen LogP contribution in [0.1, 0.15) is 29.7 Å². The molecule has 1 aromatic heterocycles. The molecule has 0 saturated carbocycles. The topological polar surface area (TPSA) is 25.8 Å². The predicted octanol–water partition coefficient (Wildman–Crippen LogP) is 1.33. The Labute approximate surface area is 66.1 Å². The lowest BCUT2D eigenvalue weighted by Crippen LogP contribution is -1.89. The minimum Gasteiger partial charge on any atom is -0.144 e. The van der Waals surface area contributed by atoms with Crippen LogP contribution >= 0.6 is 11.3 Å². The van der Waals surface area contributed by atoms with Gasteiger partial charge in [-0.05, 0) is 12.2 Å². The van der Waals surface area contributed by atoms with Gasteiger partial charge in [-0.15, -0.1) is 21.5 Å². The monoisotopic (exact) mass is 152 g/mol. The van der Waals surface area contributed by atoms with Crippen LogP contribution in [0.25, 0.3) is 0 Å². The van der Waals surface area contributed by atoms with Gasteiger partial charge in [-0.2, -0.15) is 0 Å². The normalized spacial score (nSPS) is 13.4. The van der Waals surface area contributed by atoms with Gasteiger partial charge >= 0.3 is 0 Å². The van der Waals surface area contributed by atoms with Crippen molar-refractivity contribution in [2.75, 3.05) is 0 Å². The number of hydrogen-bond acceptors (Lipinski definition) is 3. The van der Waals surface area contributed by atoms with Crippen molar-refractivity contribution in [2.24, 2.45) is 0 Å². The summed E-state index contributed by atoms with van der Waals surface area (Å²) in [6.45, 7) is 3.98. The summed E-state index contributed by atoms with van der Waals surface area (Å²) in [6, 6.07) is 0. The van der Waals surface area contributed by atoms with Crippen molar-refractivity contribution in [1.82, 2.24) is 10.2 Å². The lowest BCUT2D eigenvalue weighted by atomic mass is 9.91. The molecule has 1 rings (SSSR count). The maximum atomic E-state index is 5.59. The highest BCUT2D eigenvalue weighted by Gasteiger charge is 2.04. The van der Waals surface area contributed by atoms with Gasteiger partial charge in [0.15, 0.2) is 0 Å². The van der Waals surface area contributed by atoms with Gasteiger partial charge in [-0.3, -0.25) is 0 Å². The summed E-state index contributed by atoms with van der Waals surface area (Å²) in [5.74, 6) is 0.0257. The van der Waals surface area contributed by atoms with Crippen molar-refractivity contribution in [1.29, 1.82) is 0 Å². The van der Waals surface area contributed by atoms with E-state index in [0.717, 1.165) is 16.4 Å². The minimum atomic E-state index is 0.0257. The molecule has 1 atom stereocenters. The molecule has 0 aliphatic rings. The fraction of sp³-hybridized carbons (Fsp3) is 0.667. The molecule has 0 aliphatic heterocycles. The number of hydrogen-bond donors (Lipinski definition) is 0. The first kappa shape index (κ1) is 7.73. The van der Waals surface area contributed by atoms with Crippen molar-refractivity contribution in [3.63, 3.8) is 0 Å². The molecule has 10 heavy (non-hydrogen) atoms. The third-order valence-electron chi connectivity index (χ3n) is 1.17. The van der Waals surface area contributed by atoms with Crippen LogP contribution in [0.5, 0.6) is 0 Å². The van der Waals surface area contributed by atoms with E-state index in [1.807, 2.05) is 6.92 Å². The first-order valence-electron chi connectivity index (χ1n) is 3.32. The van der Waals surface area contributed by atoms with E-state index in [0.29, 0.717) is 0 Å². The van der Waals surface area contributed by atoms with E-state index in [-0.39, 0.29) is 5.82 Å². The zero-order chi connectivity index (χ0) is 7.56. The second-order valence-corrected chi connectivity index (χ2v) is 3.27. The molecule has 0 spiro atoms. The zero-order valence-electron chi connectivity index (χ0n) is 6.16. The van der Waals surface area contributed by atoms with E-state index in [9.17, 15) is 0 Å². The maximum Gasteiger partial charge on any atom is 0.117 e. The van der Waals surface area contributed by atoms with Crippen molar-refractivity contribution >= 4 is 19.2 Å². The average Bonchev–Trinajstić information content (AvgIpc) is 2.34. The van der Waals surface area contributed by atoms with E-state index in [4.69, 9.17) is 7.85 Å². The molecular formula is C6H9BN2S. The summed E-state index contributed by atoms with van der Waals surface area (Å²) < 4.78 is 0. The Morgan fingerprint density at radius 3 is 2.60 bits per heavy atom. The van der Waals surface area contributed by atoms with Crippen molar-refractivity contribution in [3.8, 4) is 0 Å². The second kappa shape index (κ2) is 3.15. The van der Waals surface area contributed by atoms with Gasteiger partial charge in [0.1, 0.15) is 10.0 Å². The summed E-state index contributed by atoms with van der Waals surface area (Å²) in [7, 11) is 5.59. The second-order valence-electron chi connectivity index (χ2n) is 2.18. The summed E-state index contributed by atoms with van der Waals surface area (Å²) in [5, 5.41) is 9.86. The Balaban J connectivity index is 2.78. The third kappa shape index (κ3) is 1.56. The molecule has 2 radical (unpaired) electrons. The van der Waals surface area contributed by atoms with Gasteiger partial charge in [-0.25, -0.2) is 0 Å². The smallest absolute Gasteiger partial charge is 0.117 e. The van der Waals surface area contributed by atoms with E-state index in [1.54, 1.807) is 11.3 Å². The molecule has 1 aromatic rings. The lowest BCUT2D eigenvalue weighted by molar-refractivity contribution is 0.922. The van der Waals surface area contributed by atoms with Gasteiger partial charge in [-0.1, -0.05) is 13.8 Å². The molecule has 2 nitrogen and oxygen atoms in total. The van der Waals surface area contributed by atoms with Crippen LogP contribution in [0.2, 0.25) is 0 Å². The standard InChI is InChI=1S/C6H9BN2S/c1-3-5-8-9-6(10-5)4(2)7/h4H,3H2,1-2H3. The number of rotatable bonds is 2. The van der Waals surface area contributed by atoms with Crippen LogP contribution in [-0.2, 0) is 6.42 Å². The summed E-state index contributed by atoms with van der Waals surface area (Å²) >= 11 is 1.59. The van der Waals surface area contributed by atoms with Crippen LogP contribution in [0.3, 0.4) is 0 Å². The summed E-state index contributed by atoms with van der Waals surface area (Å²) in [4.78, 5) is 0. The minimum absolute atomic E-state index is 0.0257. The molecule has 1 heterocycles. The van der Waals surface area contributed by atoms with E-state index in [1.165, 1.54) is 0 Å². The van der Waals surface area contributed by atoms with E-state index < -0.39 is 0 Å². The number of aryl methyl sites for hydroxylation is 1. The highest BCUT2D eigenvalue weighted by molar-refractivity contribution is 7.11. The molecule has 0 saturated heterocycles. The SMILES string of the molecule is [B]C(C)c1nnc(CC)s1. The molecule has 1 unspecified atom stereocenters. The fourth-order valence-electron chi connectivity index (χ4n) is 0.593. The molecule has 0 bridgehead atoms. The lowest BCUT2D eigenvalue weighted by Gasteiger charge is -1.93. The number of nitrogens with zero attached hydrogens (tertiary/aromatic N) is 2. The van der Waals surface area contributed by atoms with Crippen molar-refractivity contribution in [3.05, 3.63) is 10.0 Å². The van der Waals surface area contributed by atoms with Crippen LogP contribution in [0.4, 0.5) is 0 Å². The van der Waals surface area contributed by atoms with Gasteiger partial charge in [0, 0.05) is 0 Å². The zero-order valence-corrected chi connectivity index (χ0v) is 6.98. The Hall–Kier alpha value is -0.375. The van der Waals surface area contributed by atoms with Crippen molar-refractivity contribution < 1.29 is 0 Å². The number of aromatic nitrogens is 2. The van der Waals surface area contributed by atoms with Gasteiger partial charge in [0.25, 0.3) is 0 Å². The van der Waals surface area contributed by atoms with Crippen molar-refractivity contribution in [2.45, 2.75) is 26.1 Å². The Morgan fingerprint density at radius 1 is 1.60 bits per heavy atom. The molecular weight excluding hydrogens is 143 g/mol. The Morgan fingerprint density at radius 2 is 2.30 bits per heavy atom. The van der Waals surface area contributed by atoms with E-state index >= 15 is 0 Å². The first-order chi connectivity index (χ1) is 4.74. The molecule has 0 N–H and O–H groups in total. The largest absolute Gasteiger partial charge is 0.144 e. The van der Waals surface area contributed by atoms with Crippen LogP contribution < -0.4 is 0 Å².